The minimum Gasteiger partial charge on any atom is -0.383 e. The first-order valence-corrected chi connectivity index (χ1v) is 10.9. The summed E-state index contributed by atoms with van der Waals surface area (Å²) in [6, 6.07) is 17.3. The molecule has 5 rings (SSSR count). The highest BCUT2D eigenvalue weighted by molar-refractivity contribution is 7.11. The highest BCUT2D eigenvalue weighted by atomic mass is 32.1. The molecule has 0 unspecified atom stereocenters. The number of benzene rings is 2. The number of para-hydroxylation sites is 2. The maximum absolute atomic E-state index is 13.3. The summed E-state index contributed by atoms with van der Waals surface area (Å²) in [4.78, 5) is 23.7. The Hall–Kier alpha value is -4.04. The van der Waals surface area contributed by atoms with E-state index in [9.17, 15) is 4.79 Å². The van der Waals surface area contributed by atoms with E-state index in [1.165, 1.54) is 4.68 Å². The Morgan fingerprint density at radius 1 is 1.06 bits per heavy atom. The van der Waals surface area contributed by atoms with Crippen molar-refractivity contribution in [1.82, 2.24) is 14.6 Å². The van der Waals surface area contributed by atoms with Gasteiger partial charge in [0.05, 0.1) is 17.2 Å². The minimum atomic E-state index is -0.354. The van der Waals surface area contributed by atoms with Crippen molar-refractivity contribution in [3.63, 3.8) is 0 Å². The van der Waals surface area contributed by atoms with Gasteiger partial charge in [-0.25, -0.2) is 9.97 Å². The summed E-state index contributed by atoms with van der Waals surface area (Å²) in [5.41, 5.74) is 11.7. The average Bonchev–Trinajstić information content (AvgIpc) is 3.35. The molecule has 0 atom stereocenters. The molecule has 0 aliphatic carbocycles. The highest BCUT2D eigenvalue weighted by Gasteiger charge is 2.24. The van der Waals surface area contributed by atoms with Gasteiger partial charge in [-0.2, -0.15) is 9.78 Å². The molecule has 8 heteroatoms. The molecule has 0 radical (unpaired) electrons. The van der Waals surface area contributed by atoms with Crippen LogP contribution in [0.25, 0.3) is 22.2 Å². The van der Waals surface area contributed by atoms with Gasteiger partial charge in [0.25, 0.3) is 5.91 Å². The van der Waals surface area contributed by atoms with Gasteiger partial charge in [0.15, 0.2) is 5.65 Å². The third-order valence-corrected chi connectivity index (χ3v) is 5.83. The number of aryl methyl sites for hydroxylation is 2. The van der Waals surface area contributed by atoms with Gasteiger partial charge in [0.1, 0.15) is 16.9 Å². The van der Waals surface area contributed by atoms with Crippen molar-refractivity contribution >= 4 is 57.2 Å². The van der Waals surface area contributed by atoms with Crippen LogP contribution in [0.15, 0.2) is 65.1 Å². The van der Waals surface area contributed by atoms with Crippen molar-refractivity contribution in [2.45, 2.75) is 13.8 Å². The fourth-order valence-corrected chi connectivity index (χ4v) is 4.29. The first-order chi connectivity index (χ1) is 15.5. The zero-order valence-electron chi connectivity index (χ0n) is 17.5. The van der Waals surface area contributed by atoms with Crippen LogP contribution in [0, 0.1) is 13.8 Å². The van der Waals surface area contributed by atoms with E-state index in [4.69, 9.17) is 15.7 Å². The van der Waals surface area contributed by atoms with Crippen LogP contribution in [0.4, 0.5) is 11.5 Å². The second-order valence-corrected chi connectivity index (χ2v) is 8.53. The number of thiophene rings is 1. The number of nitrogen functional groups attached to an aromatic ring is 1. The predicted molar refractivity (Wildman–Crippen MR) is 131 cm³/mol. The van der Waals surface area contributed by atoms with Crippen molar-refractivity contribution in [3.8, 4) is 0 Å². The number of nitrogens with two attached hydrogens (primary N) is 1. The Balaban J connectivity index is 1.67. The summed E-state index contributed by atoms with van der Waals surface area (Å²) in [5.74, 6) is -0.169. The normalized spacial score (nSPS) is 11.6. The molecule has 0 saturated carbocycles. The molecule has 3 aromatic heterocycles. The van der Waals surface area contributed by atoms with Crippen LogP contribution in [0.1, 0.15) is 26.4 Å². The second-order valence-electron chi connectivity index (χ2n) is 7.55. The molecule has 0 fully saturated rings. The van der Waals surface area contributed by atoms with Gasteiger partial charge in [0, 0.05) is 10.6 Å². The standard InChI is InChI=1S/C24H20N6OS/c1-14-10-15(2)12-16(11-14)27-24(31)20-21-23(29-19-8-4-3-7-18(19)28-21)30(22(20)25)26-13-17-6-5-9-32-17/h3-13H,25H2,1-2H3,(H,27,31)/b26-13+. The van der Waals surface area contributed by atoms with Gasteiger partial charge < -0.3 is 11.1 Å². The van der Waals surface area contributed by atoms with Gasteiger partial charge in [0.2, 0.25) is 0 Å². The molecule has 7 nitrogen and oxygen atoms in total. The fraction of sp³-hybridized carbons (Fsp3) is 0.0833. The number of anilines is 2. The number of carbonyl (C=O) groups is 1. The highest BCUT2D eigenvalue weighted by Crippen LogP contribution is 2.29. The number of nitrogens with one attached hydrogen (secondary N) is 1. The van der Waals surface area contributed by atoms with Crippen LogP contribution >= 0.6 is 11.3 Å². The van der Waals surface area contributed by atoms with Crippen LogP contribution in [-0.2, 0) is 0 Å². The van der Waals surface area contributed by atoms with Crippen LogP contribution in [-0.4, -0.2) is 26.8 Å². The number of nitrogens with zero attached hydrogens (tertiary/aromatic N) is 4. The number of hydrogen-bond donors (Lipinski definition) is 2. The lowest BCUT2D eigenvalue weighted by Crippen LogP contribution is -2.14. The molecule has 0 aliphatic rings. The van der Waals surface area contributed by atoms with E-state index < -0.39 is 0 Å². The van der Waals surface area contributed by atoms with E-state index in [-0.39, 0.29) is 17.3 Å². The molecule has 0 bridgehead atoms. The molecule has 3 heterocycles. The number of hydrogen-bond acceptors (Lipinski definition) is 6. The third-order valence-electron chi connectivity index (χ3n) is 5.02. The number of aromatic nitrogens is 3. The summed E-state index contributed by atoms with van der Waals surface area (Å²) < 4.78 is 1.48. The first-order valence-electron chi connectivity index (χ1n) is 10.0. The summed E-state index contributed by atoms with van der Waals surface area (Å²) in [6.07, 6.45) is 1.70. The molecule has 1 amide bonds. The Morgan fingerprint density at radius 2 is 1.78 bits per heavy atom. The fourth-order valence-electron chi connectivity index (χ4n) is 3.71. The summed E-state index contributed by atoms with van der Waals surface area (Å²) in [7, 11) is 0. The van der Waals surface area contributed by atoms with Crippen molar-refractivity contribution in [1.29, 1.82) is 0 Å². The first kappa shape index (κ1) is 19.9. The van der Waals surface area contributed by atoms with E-state index in [2.05, 4.69) is 10.4 Å². The van der Waals surface area contributed by atoms with E-state index in [0.29, 0.717) is 27.9 Å². The number of carbonyl (C=O) groups excluding carboxylic acids is 1. The SMILES string of the molecule is Cc1cc(C)cc(NC(=O)c2c(N)n(/N=C/c3cccs3)c3nc4ccccc4nc23)c1. The smallest absolute Gasteiger partial charge is 0.261 e. The maximum Gasteiger partial charge on any atom is 0.261 e. The van der Waals surface area contributed by atoms with E-state index in [0.717, 1.165) is 16.0 Å². The van der Waals surface area contributed by atoms with Crippen LogP contribution in [0.2, 0.25) is 0 Å². The van der Waals surface area contributed by atoms with Crippen molar-refractivity contribution in [3.05, 3.63) is 81.5 Å². The molecule has 0 aliphatic heterocycles. The van der Waals surface area contributed by atoms with E-state index >= 15 is 0 Å². The van der Waals surface area contributed by atoms with Gasteiger partial charge >= 0.3 is 0 Å². The molecule has 3 N–H and O–H groups in total. The van der Waals surface area contributed by atoms with Gasteiger partial charge in [-0.05, 0) is 60.7 Å². The van der Waals surface area contributed by atoms with Gasteiger partial charge in [-0.15, -0.1) is 11.3 Å². The van der Waals surface area contributed by atoms with Crippen LogP contribution in [0.3, 0.4) is 0 Å². The molecule has 32 heavy (non-hydrogen) atoms. The predicted octanol–water partition coefficient (Wildman–Crippen LogP) is 4.98. The van der Waals surface area contributed by atoms with E-state index in [1.54, 1.807) is 17.6 Å². The topological polar surface area (TPSA) is 98.2 Å². The zero-order valence-corrected chi connectivity index (χ0v) is 18.4. The summed E-state index contributed by atoms with van der Waals surface area (Å²) in [5, 5.41) is 9.44. The summed E-state index contributed by atoms with van der Waals surface area (Å²) >= 11 is 1.55. The van der Waals surface area contributed by atoms with Crippen molar-refractivity contribution in [2.24, 2.45) is 5.10 Å². The lowest BCUT2D eigenvalue weighted by Gasteiger charge is -2.07. The molecule has 0 spiro atoms. The van der Waals surface area contributed by atoms with Crippen LogP contribution < -0.4 is 11.1 Å². The second kappa shape index (κ2) is 7.90. The van der Waals surface area contributed by atoms with Crippen LogP contribution in [0.5, 0.6) is 0 Å². The third kappa shape index (κ3) is 3.61. The Bertz CT molecular complexity index is 1480. The monoisotopic (exact) mass is 440 g/mol. The minimum absolute atomic E-state index is 0.185. The molecule has 2 aromatic carbocycles. The summed E-state index contributed by atoms with van der Waals surface area (Å²) in [6.45, 7) is 3.97. The van der Waals surface area contributed by atoms with Gasteiger partial charge in [-0.1, -0.05) is 24.3 Å². The van der Waals surface area contributed by atoms with Crippen molar-refractivity contribution in [2.75, 3.05) is 11.1 Å². The average molecular weight is 441 g/mol. The molecule has 0 saturated heterocycles. The van der Waals surface area contributed by atoms with Crippen molar-refractivity contribution < 1.29 is 4.79 Å². The Morgan fingerprint density at radius 3 is 2.47 bits per heavy atom. The molecular formula is C24H20N6OS. The lowest BCUT2D eigenvalue weighted by molar-refractivity contribution is 0.102. The molecular weight excluding hydrogens is 420 g/mol. The molecule has 5 aromatic rings. The Kier molecular flexibility index (Phi) is 4.91. The van der Waals surface area contributed by atoms with E-state index in [1.807, 2.05) is 73.8 Å². The number of fused-ring (bicyclic) bond motifs is 2. The Labute approximate surface area is 188 Å². The largest absolute Gasteiger partial charge is 0.383 e. The zero-order chi connectivity index (χ0) is 22.2. The quantitative estimate of drug-likeness (QED) is 0.385. The maximum atomic E-state index is 13.3. The number of rotatable bonds is 4. The lowest BCUT2D eigenvalue weighted by atomic mass is 10.1. The molecule has 158 valence electrons. The van der Waals surface area contributed by atoms with Gasteiger partial charge in [-0.3, -0.25) is 4.79 Å². The number of amides is 1.